The second-order valence-electron chi connectivity index (χ2n) is 3.80. The molecule has 0 spiro atoms. The van der Waals surface area contributed by atoms with E-state index in [2.05, 4.69) is 43.5 Å². The zero-order valence-corrected chi connectivity index (χ0v) is 11.7. The largest absolute Gasteiger partial charge is 0.175 e. The third-order valence-electron chi connectivity index (χ3n) is 2.51. The molecule has 0 aliphatic rings. The van der Waals surface area contributed by atoms with Crippen LogP contribution in [0.15, 0.2) is 28.7 Å². The number of tetrazole rings is 1. The lowest BCUT2D eigenvalue weighted by molar-refractivity contribution is 0.624. The zero-order valence-electron chi connectivity index (χ0n) is 9.35. The Morgan fingerprint density at radius 1 is 1.35 bits per heavy atom. The molecule has 0 amide bonds. The smallest absolute Gasteiger partial charge is 0.167 e. The maximum atomic E-state index is 6.00. The van der Waals surface area contributed by atoms with Crippen LogP contribution < -0.4 is 0 Å². The normalized spacial score (nSPS) is 12.6. The summed E-state index contributed by atoms with van der Waals surface area (Å²) in [5.41, 5.74) is 1.19. The molecule has 1 aromatic heterocycles. The highest BCUT2D eigenvalue weighted by Crippen LogP contribution is 2.22. The van der Waals surface area contributed by atoms with Gasteiger partial charge in [0.1, 0.15) is 0 Å². The number of aryl methyl sites for hydroxylation is 1. The van der Waals surface area contributed by atoms with E-state index in [1.807, 2.05) is 12.1 Å². The van der Waals surface area contributed by atoms with E-state index in [-0.39, 0.29) is 5.92 Å². The van der Waals surface area contributed by atoms with Gasteiger partial charge in [-0.2, -0.15) is 4.80 Å². The van der Waals surface area contributed by atoms with Crippen LogP contribution in [0.5, 0.6) is 0 Å². The summed E-state index contributed by atoms with van der Waals surface area (Å²) in [5, 5.41) is 12.0. The molecule has 1 heterocycles. The van der Waals surface area contributed by atoms with Gasteiger partial charge >= 0.3 is 0 Å². The lowest BCUT2D eigenvalue weighted by Gasteiger charge is -2.11. The Morgan fingerprint density at radius 2 is 2.06 bits per heavy atom. The molecule has 1 atom stereocenters. The van der Waals surface area contributed by atoms with Crippen LogP contribution in [0, 0.1) is 0 Å². The van der Waals surface area contributed by atoms with Gasteiger partial charge in [-0.15, -0.1) is 21.8 Å². The number of halogens is 2. The highest BCUT2D eigenvalue weighted by atomic mass is 79.9. The van der Waals surface area contributed by atoms with E-state index < -0.39 is 0 Å². The van der Waals surface area contributed by atoms with Gasteiger partial charge < -0.3 is 0 Å². The monoisotopic (exact) mass is 314 g/mol. The predicted octanol–water partition coefficient (Wildman–Crippen LogP) is 2.54. The Bertz CT molecular complexity index is 482. The van der Waals surface area contributed by atoms with Gasteiger partial charge in [-0.1, -0.05) is 28.1 Å². The average Bonchev–Trinajstić information content (AvgIpc) is 2.73. The van der Waals surface area contributed by atoms with Crippen molar-refractivity contribution in [3.63, 3.8) is 0 Å². The van der Waals surface area contributed by atoms with Crippen molar-refractivity contribution in [2.24, 2.45) is 7.05 Å². The molecule has 2 rings (SSSR count). The summed E-state index contributed by atoms with van der Waals surface area (Å²) in [6.07, 6.45) is 0.707. The number of hydrogen-bond acceptors (Lipinski definition) is 3. The van der Waals surface area contributed by atoms with Crippen LogP contribution in [0.25, 0.3) is 0 Å². The average molecular weight is 316 g/mol. The van der Waals surface area contributed by atoms with Gasteiger partial charge in [-0.05, 0) is 22.9 Å². The van der Waals surface area contributed by atoms with Gasteiger partial charge in [0, 0.05) is 22.7 Å². The Labute approximate surface area is 113 Å². The molecule has 4 nitrogen and oxygen atoms in total. The Morgan fingerprint density at radius 3 is 2.59 bits per heavy atom. The maximum absolute atomic E-state index is 6.00. The molecule has 1 unspecified atom stereocenters. The van der Waals surface area contributed by atoms with Gasteiger partial charge in [-0.25, -0.2) is 0 Å². The zero-order chi connectivity index (χ0) is 12.3. The van der Waals surface area contributed by atoms with Gasteiger partial charge in [0.2, 0.25) is 0 Å². The molecule has 0 aliphatic carbocycles. The third-order valence-corrected chi connectivity index (χ3v) is 3.41. The quantitative estimate of drug-likeness (QED) is 0.814. The fourth-order valence-electron chi connectivity index (χ4n) is 1.62. The van der Waals surface area contributed by atoms with Crippen LogP contribution in [-0.2, 0) is 13.5 Å². The number of benzene rings is 1. The second-order valence-corrected chi connectivity index (χ2v) is 5.03. The van der Waals surface area contributed by atoms with E-state index in [0.717, 1.165) is 10.3 Å². The molecule has 0 N–H and O–H groups in total. The van der Waals surface area contributed by atoms with Crippen LogP contribution in [0.1, 0.15) is 17.3 Å². The van der Waals surface area contributed by atoms with Gasteiger partial charge in [-0.3, -0.25) is 0 Å². The van der Waals surface area contributed by atoms with Crippen molar-refractivity contribution in [3.8, 4) is 0 Å². The van der Waals surface area contributed by atoms with Crippen molar-refractivity contribution in [2.75, 3.05) is 5.88 Å². The summed E-state index contributed by atoms with van der Waals surface area (Å²) in [7, 11) is 1.76. The summed E-state index contributed by atoms with van der Waals surface area (Å²) in [6, 6.07) is 8.15. The minimum atomic E-state index is 0.217. The minimum Gasteiger partial charge on any atom is -0.167 e. The van der Waals surface area contributed by atoms with Crippen LogP contribution in [0.2, 0.25) is 0 Å². The van der Waals surface area contributed by atoms with E-state index in [1.54, 1.807) is 7.05 Å². The molecule has 0 bridgehead atoms. The molecule has 0 fully saturated rings. The van der Waals surface area contributed by atoms with Crippen molar-refractivity contribution in [3.05, 3.63) is 40.1 Å². The van der Waals surface area contributed by atoms with E-state index >= 15 is 0 Å². The standard InChI is InChI=1S/C11H12BrClN4/c1-17-15-11(14-16-17)6-9(7-13)8-2-4-10(12)5-3-8/h2-5,9H,6-7H2,1H3. The molecule has 2 aromatic rings. The number of nitrogens with zero attached hydrogens (tertiary/aromatic N) is 4. The maximum Gasteiger partial charge on any atom is 0.175 e. The molecule has 0 saturated carbocycles. The minimum absolute atomic E-state index is 0.217. The van der Waals surface area contributed by atoms with Crippen LogP contribution >= 0.6 is 27.5 Å². The van der Waals surface area contributed by atoms with E-state index in [0.29, 0.717) is 12.3 Å². The molecule has 0 radical (unpaired) electrons. The Balaban J connectivity index is 2.13. The second kappa shape index (κ2) is 5.60. The van der Waals surface area contributed by atoms with Gasteiger partial charge in [0.05, 0.1) is 7.05 Å². The van der Waals surface area contributed by atoms with Crippen molar-refractivity contribution in [1.82, 2.24) is 20.2 Å². The third kappa shape index (κ3) is 3.26. The summed E-state index contributed by atoms with van der Waals surface area (Å²) in [6.45, 7) is 0. The van der Waals surface area contributed by atoms with Crippen molar-refractivity contribution in [1.29, 1.82) is 0 Å². The van der Waals surface area contributed by atoms with Crippen LogP contribution in [0.3, 0.4) is 0 Å². The Hall–Kier alpha value is -0.940. The van der Waals surface area contributed by atoms with Crippen molar-refractivity contribution in [2.45, 2.75) is 12.3 Å². The Kier molecular flexibility index (Phi) is 4.12. The first kappa shape index (κ1) is 12.5. The summed E-state index contributed by atoms with van der Waals surface area (Å²) in [4.78, 5) is 1.46. The first-order chi connectivity index (χ1) is 8.19. The van der Waals surface area contributed by atoms with E-state index in [9.17, 15) is 0 Å². The number of rotatable bonds is 4. The van der Waals surface area contributed by atoms with Crippen LogP contribution in [0.4, 0.5) is 0 Å². The van der Waals surface area contributed by atoms with E-state index in [1.165, 1.54) is 10.4 Å². The highest BCUT2D eigenvalue weighted by Gasteiger charge is 2.14. The van der Waals surface area contributed by atoms with Crippen LogP contribution in [-0.4, -0.2) is 26.1 Å². The SMILES string of the molecule is Cn1nnc(CC(CCl)c2ccc(Br)cc2)n1. The highest BCUT2D eigenvalue weighted by molar-refractivity contribution is 9.10. The van der Waals surface area contributed by atoms with E-state index in [4.69, 9.17) is 11.6 Å². The summed E-state index contributed by atoms with van der Waals surface area (Å²) >= 11 is 9.42. The first-order valence-corrected chi connectivity index (χ1v) is 6.56. The number of hydrogen-bond donors (Lipinski definition) is 0. The topological polar surface area (TPSA) is 43.6 Å². The molecule has 6 heteroatoms. The van der Waals surface area contributed by atoms with Crippen molar-refractivity contribution >= 4 is 27.5 Å². The molecule has 90 valence electrons. The number of aromatic nitrogens is 4. The first-order valence-electron chi connectivity index (χ1n) is 5.23. The number of alkyl halides is 1. The lowest BCUT2D eigenvalue weighted by atomic mass is 9.97. The molecule has 0 aliphatic heterocycles. The molecule has 1 aromatic carbocycles. The summed E-state index contributed by atoms with van der Waals surface area (Å²) < 4.78 is 1.06. The fraction of sp³-hybridized carbons (Fsp3) is 0.364. The fourth-order valence-corrected chi connectivity index (χ4v) is 2.17. The molecule has 17 heavy (non-hydrogen) atoms. The predicted molar refractivity (Wildman–Crippen MR) is 70.1 cm³/mol. The summed E-state index contributed by atoms with van der Waals surface area (Å²) in [5.74, 6) is 1.48. The van der Waals surface area contributed by atoms with Crippen molar-refractivity contribution < 1.29 is 0 Å². The molecule has 0 saturated heterocycles. The molecular weight excluding hydrogens is 304 g/mol. The molecular formula is C11H12BrClN4. The van der Waals surface area contributed by atoms with Gasteiger partial charge in [0.15, 0.2) is 5.82 Å². The lowest BCUT2D eigenvalue weighted by Crippen LogP contribution is -2.06. The van der Waals surface area contributed by atoms with Gasteiger partial charge in [0.25, 0.3) is 0 Å².